The number of likely N-dealkylation sites (tertiary alicyclic amines) is 1. The molecule has 0 aromatic heterocycles. The second-order valence-electron chi connectivity index (χ2n) is 8.30. The minimum atomic E-state index is -0.556. The summed E-state index contributed by atoms with van der Waals surface area (Å²) in [5.41, 5.74) is -0.556. The van der Waals surface area contributed by atoms with Gasteiger partial charge in [0, 0.05) is 6.54 Å². The van der Waals surface area contributed by atoms with Gasteiger partial charge in [-0.1, -0.05) is 19.8 Å². The molecule has 1 amide bonds. The lowest BCUT2D eigenvalue weighted by molar-refractivity contribution is -0.128. The van der Waals surface area contributed by atoms with Crippen molar-refractivity contribution >= 4 is 17.7 Å². The number of carbonyl (C=O) groups excluding carboxylic acids is 1. The molecule has 0 aromatic carbocycles. The third-order valence-electron chi connectivity index (χ3n) is 5.23. The first-order valence-corrected chi connectivity index (χ1v) is 10.8. The van der Waals surface area contributed by atoms with Crippen LogP contribution in [0.1, 0.15) is 65.7 Å². The molecule has 5 heteroatoms. The summed E-state index contributed by atoms with van der Waals surface area (Å²) in [5, 5.41) is 10.2. The number of hydrogen-bond donors (Lipinski definition) is 1. The van der Waals surface area contributed by atoms with Gasteiger partial charge in [0.25, 0.3) is 0 Å². The Hall–Kier alpha value is -0.260. The molecule has 2 atom stereocenters. The van der Waals surface area contributed by atoms with E-state index in [-0.39, 0.29) is 0 Å². The lowest BCUT2D eigenvalue weighted by atomic mass is 9.95. The molecule has 0 saturated carbocycles. The smallest absolute Gasteiger partial charge is 0.233 e. The van der Waals surface area contributed by atoms with Gasteiger partial charge in [-0.2, -0.15) is 0 Å². The third kappa shape index (κ3) is 6.93. The molecule has 0 spiro atoms. The average molecular weight is 357 g/mol. The molecule has 0 radical (unpaired) electrons. The summed E-state index contributed by atoms with van der Waals surface area (Å²) in [4.78, 5) is 16.9. The van der Waals surface area contributed by atoms with Crippen LogP contribution in [0, 0.1) is 5.92 Å². The molecule has 4 nitrogen and oxygen atoms in total. The quantitative estimate of drug-likeness (QED) is 0.652. The Morgan fingerprint density at radius 1 is 1.25 bits per heavy atom. The first kappa shape index (κ1) is 20.1. The maximum Gasteiger partial charge on any atom is 0.233 e. The molecule has 0 bridgehead atoms. The number of amides is 1. The minimum absolute atomic E-state index is 0.329. The first-order chi connectivity index (χ1) is 11.3. The summed E-state index contributed by atoms with van der Waals surface area (Å²) in [6.45, 7) is 10.6. The summed E-state index contributed by atoms with van der Waals surface area (Å²) in [7, 11) is 0. The van der Waals surface area contributed by atoms with Crippen LogP contribution in [0.25, 0.3) is 0 Å². The highest BCUT2D eigenvalue weighted by Crippen LogP contribution is 2.32. The van der Waals surface area contributed by atoms with E-state index in [0.717, 1.165) is 45.2 Å². The van der Waals surface area contributed by atoms with Crippen LogP contribution in [0.4, 0.5) is 0 Å². The fourth-order valence-corrected chi connectivity index (χ4v) is 5.15. The van der Waals surface area contributed by atoms with Gasteiger partial charge in [0.15, 0.2) is 0 Å². The van der Waals surface area contributed by atoms with Crippen molar-refractivity contribution < 1.29 is 9.90 Å². The van der Waals surface area contributed by atoms with Crippen molar-refractivity contribution in [3.05, 3.63) is 0 Å². The molecule has 2 aliphatic heterocycles. The van der Waals surface area contributed by atoms with Crippen LogP contribution in [-0.2, 0) is 4.79 Å². The molecule has 2 heterocycles. The molecule has 24 heavy (non-hydrogen) atoms. The SMILES string of the molecule is CC(CCCC(C)(C)O)CC1SCC(=O)N1CCCN1CCCC1. The molecule has 1 N–H and O–H groups in total. The van der Waals surface area contributed by atoms with E-state index in [1.54, 1.807) is 0 Å². The Morgan fingerprint density at radius 2 is 1.96 bits per heavy atom. The van der Waals surface area contributed by atoms with Crippen molar-refractivity contribution in [2.75, 3.05) is 31.9 Å². The summed E-state index contributed by atoms with van der Waals surface area (Å²) in [6, 6.07) is 0. The van der Waals surface area contributed by atoms with Crippen molar-refractivity contribution in [3.63, 3.8) is 0 Å². The zero-order chi connectivity index (χ0) is 17.6. The monoisotopic (exact) mass is 356 g/mol. The summed E-state index contributed by atoms with van der Waals surface area (Å²) in [5.74, 6) is 1.59. The van der Waals surface area contributed by atoms with Gasteiger partial charge in [0.05, 0.1) is 16.7 Å². The van der Waals surface area contributed by atoms with Crippen LogP contribution in [-0.4, -0.2) is 63.7 Å². The minimum Gasteiger partial charge on any atom is -0.390 e. The first-order valence-electron chi connectivity index (χ1n) is 9.71. The predicted octanol–water partition coefficient (Wildman–Crippen LogP) is 3.34. The number of aliphatic hydroxyl groups is 1. The van der Waals surface area contributed by atoms with Gasteiger partial charge in [0.1, 0.15) is 0 Å². The Balaban J connectivity index is 1.68. The summed E-state index contributed by atoms with van der Waals surface area (Å²) < 4.78 is 0. The van der Waals surface area contributed by atoms with Gasteiger partial charge in [-0.05, 0) is 71.5 Å². The highest BCUT2D eigenvalue weighted by Gasteiger charge is 2.32. The second kappa shape index (κ2) is 9.44. The van der Waals surface area contributed by atoms with E-state index < -0.39 is 5.60 Å². The Kier molecular flexibility index (Phi) is 7.89. The van der Waals surface area contributed by atoms with E-state index in [1.165, 1.54) is 25.9 Å². The number of thioether (sulfide) groups is 1. The summed E-state index contributed by atoms with van der Waals surface area (Å²) >= 11 is 1.82. The molecule has 0 aromatic rings. The van der Waals surface area contributed by atoms with Crippen molar-refractivity contribution in [2.24, 2.45) is 5.92 Å². The van der Waals surface area contributed by atoms with Crippen molar-refractivity contribution in [2.45, 2.75) is 76.7 Å². The normalized spacial score (nSPS) is 24.1. The van der Waals surface area contributed by atoms with Gasteiger partial charge < -0.3 is 14.9 Å². The van der Waals surface area contributed by atoms with Crippen LogP contribution in [0.3, 0.4) is 0 Å². The lowest BCUT2D eigenvalue weighted by Gasteiger charge is -2.27. The molecule has 140 valence electrons. The van der Waals surface area contributed by atoms with Crippen LogP contribution in [0.5, 0.6) is 0 Å². The van der Waals surface area contributed by atoms with Gasteiger partial charge in [-0.25, -0.2) is 0 Å². The molecule has 2 rings (SSSR count). The second-order valence-corrected chi connectivity index (χ2v) is 9.47. The molecule has 2 aliphatic rings. The maximum absolute atomic E-state index is 12.2. The molecular formula is C19H36N2O2S. The fraction of sp³-hybridized carbons (Fsp3) is 0.947. The van der Waals surface area contributed by atoms with E-state index in [2.05, 4.69) is 16.7 Å². The van der Waals surface area contributed by atoms with E-state index >= 15 is 0 Å². The molecule has 2 fully saturated rings. The zero-order valence-corrected chi connectivity index (χ0v) is 16.6. The summed E-state index contributed by atoms with van der Waals surface area (Å²) in [6.07, 6.45) is 7.92. The number of carbonyl (C=O) groups is 1. The Morgan fingerprint density at radius 3 is 2.62 bits per heavy atom. The van der Waals surface area contributed by atoms with Crippen LogP contribution < -0.4 is 0 Å². The Labute approximate surface area is 152 Å². The van der Waals surface area contributed by atoms with Gasteiger partial charge in [-0.15, -0.1) is 11.8 Å². The third-order valence-corrected chi connectivity index (χ3v) is 6.47. The van der Waals surface area contributed by atoms with E-state index in [9.17, 15) is 9.90 Å². The average Bonchev–Trinajstić information content (AvgIpc) is 3.10. The van der Waals surface area contributed by atoms with E-state index in [0.29, 0.717) is 23.0 Å². The highest BCUT2D eigenvalue weighted by atomic mass is 32.2. The van der Waals surface area contributed by atoms with E-state index in [4.69, 9.17) is 0 Å². The largest absolute Gasteiger partial charge is 0.390 e. The van der Waals surface area contributed by atoms with Crippen LogP contribution in [0.2, 0.25) is 0 Å². The number of rotatable bonds is 10. The van der Waals surface area contributed by atoms with E-state index in [1.807, 2.05) is 25.6 Å². The van der Waals surface area contributed by atoms with Gasteiger partial charge >= 0.3 is 0 Å². The lowest BCUT2D eigenvalue weighted by Crippen LogP contribution is -2.36. The number of hydrogen-bond acceptors (Lipinski definition) is 4. The predicted molar refractivity (Wildman–Crippen MR) is 102 cm³/mol. The zero-order valence-electron chi connectivity index (χ0n) is 15.8. The van der Waals surface area contributed by atoms with Crippen molar-refractivity contribution in [3.8, 4) is 0 Å². The molecular weight excluding hydrogens is 320 g/mol. The fourth-order valence-electron chi connectivity index (χ4n) is 3.78. The molecule has 0 aliphatic carbocycles. The molecule has 2 saturated heterocycles. The number of nitrogens with zero attached hydrogens (tertiary/aromatic N) is 2. The van der Waals surface area contributed by atoms with Crippen LogP contribution in [0.15, 0.2) is 0 Å². The van der Waals surface area contributed by atoms with Crippen molar-refractivity contribution in [1.82, 2.24) is 9.80 Å². The van der Waals surface area contributed by atoms with Crippen LogP contribution >= 0.6 is 11.8 Å². The maximum atomic E-state index is 12.2. The standard InChI is InChI=1S/C19H36N2O2S/c1-16(8-6-9-19(2,3)23)14-18-21(17(22)15-24-18)13-7-12-20-10-4-5-11-20/h16,18,23H,4-15H2,1-3H3. The van der Waals surface area contributed by atoms with Gasteiger partial charge in [0.2, 0.25) is 5.91 Å². The van der Waals surface area contributed by atoms with Crippen molar-refractivity contribution in [1.29, 1.82) is 0 Å². The topological polar surface area (TPSA) is 43.8 Å². The molecule has 2 unspecified atom stereocenters. The Bertz CT molecular complexity index is 391. The highest BCUT2D eigenvalue weighted by molar-refractivity contribution is 8.00. The van der Waals surface area contributed by atoms with Gasteiger partial charge in [-0.3, -0.25) is 4.79 Å².